The van der Waals surface area contributed by atoms with Gasteiger partial charge in [-0.05, 0) is 24.6 Å². The van der Waals surface area contributed by atoms with Gasteiger partial charge >= 0.3 is 0 Å². The maximum atomic E-state index is 12.3. The lowest BCUT2D eigenvalue weighted by Crippen LogP contribution is -2.51. The van der Waals surface area contributed by atoms with Crippen molar-refractivity contribution in [3.8, 4) is 0 Å². The van der Waals surface area contributed by atoms with Gasteiger partial charge in [0.2, 0.25) is 10.0 Å². The van der Waals surface area contributed by atoms with Crippen molar-refractivity contribution in [1.29, 1.82) is 0 Å². The number of benzene rings is 1. The van der Waals surface area contributed by atoms with Crippen LogP contribution in [0.3, 0.4) is 0 Å². The molecule has 21 heavy (non-hydrogen) atoms. The summed E-state index contributed by atoms with van der Waals surface area (Å²) in [6, 6.07) is 6.80. The summed E-state index contributed by atoms with van der Waals surface area (Å²) in [5.41, 5.74) is 0.535. The Morgan fingerprint density at radius 3 is 2.48 bits per heavy atom. The molecule has 1 saturated heterocycles. The molecule has 1 heterocycles. The monoisotopic (exact) mass is 330 g/mol. The van der Waals surface area contributed by atoms with E-state index in [0.29, 0.717) is 43.2 Å². The van der Waals surface area contributed by atoms with Gasteiger partial charge in [-0.3, -0.25) is 4.79 Å². The van der Waals surface area contributed by atoms with Gasteiger partial charge < -0.3 is 4.90 Å². The summed E-state index contributed by atoms with van der Waals surface area (Å²) in [6.45, 7) is 3.38. The first-order chi connectivity index (χ1) is 9.94. The van der Waals surface area contributed by atoms with Gasteiger partial charge in [0.05, 0.1) is 5.75 Å². The van der Waals surface area contributed by atoms with Gasteiger partial charge in [0, 0.05) is 36.8 Å². The number of halogens is 1. The number of sulfonamides is 1. The van der Waals surface area contributed by atoms with Crippen LogP contribution in [0.1, 0.15) is 23.7 Å². The minimum absolute atomic E-state index is 0.106. The van der Waals surface area contributed by atoms with Crippen molar-refractivity contribution in [2.45, 2.75) is 13.3 Å². The van der Waals surface area contributed by atoms with Crippen LogP contribution < -0.4 is 0 Å². The Morgan fingerprint density at radius 2 is 1.90 bits per heavy atom. The maximum absolute atomic E-state index is 12.3. The van der Waals surface area contributed by atoms with Crippen LogP contribution in [0.2, 0.25) is 5.02 Å². The Bertz CT molecular complexity index is 610. The Labute approximate surface area is 130 Å². The highest BCUT2D eigenvalue weighted by Crippen LogP contribution is 2.15. The summed E-state index contributed by atoms with van der Waals surface area (Å²) in [5.74, 6) is 0.0555. The first-order valence-corrected chi connectivity index (χ1v) is 8.95. The lowest BCUT2D eigenvalue weighted by molar-refractivity contribution is 0.0698. The highest BCUT2D eigenvalue weighted by atomic mass is 35.5. The lowest BCUT2D eigenvalue weighted by Gasteiger charge is -2.34. The number of carbonyl (C=O) groups is 1. The molecule has 7 heteroatoms. The smallest absolute Gasteiger partial charge is 0.253 e. The van der Waals surface area contributed by atoms with Crippen LogP contribution in [0.5, 0.6) is 0 Å². The molecule has 0 spiro atoms. The summed E-state index contributed by atoms with van der Waals surface area (Å²) in [7, 11) is -3.18. The van der Waals surface area contributed by atoms with Gasteiger partial charge in [0.1, 0.15) is 0 Å². The molecule has 0 unspecified atom stereocenters. The van der Waals surface area contributed by atoms with E-state index in [4.69, 9.17) is 11.6 Å². The second kappa shape index (κ2) is 6.77. The van der Waals surface area contributed by atoms with Crippen LogP contribution in [-0.4, -0.2) is 55.5 Å². The molecule has 0 aromatic heterocycles. The topological polar surface area (TPSA) is 57.7 Å². The normalized spacial score (nSPS) is 17.0. The van der Waals surface area contributed by atoms with E-state index in [1.807, 2.05) is 6.92 Å². The Morgan fingerprint density at radius 1 is 1.24 bits per heavy atom. The van der Waals surface area contributed by atoms with Crippen molar-refractivity contribution in [2.24, 2.45) is 0 Å². The van der Waals surface area contributed by atoms with Gasteiger partial charge in [-0.25, -0.2) is 8.42 Å². The highest BCUT2D eigenvalue weighted by molar-refractivity contribution is 7.89. The molecule has 0 saturated carbocycles. The third-order valence-electron chi connectivity index (χ3n) is 3.45. The molecule has 1 aliphatic rings. The van der Waals surface area contributed by atoms with E-state index >= 15 is 0 Å². The van der Waals surface area contributed by atoms with Crippen molar-refractivity contribution >= 4 is 27.5 Å². The molecular formula is C14H19ClN2O3S. The number of hydrogen-bond donors (Lipinski definition) is 0. The lowest BCUT2D eigenvalue weighted by atomic mass is 10.2. The molecule has 116 valence electrons. The van der Waals surface area contributed by atoms with Gasteiger partial charge in [-0.15, -0.1) is 0 Å². The third kappa shape index (κ3) is 3.96. The van der Waals surface area contributed by atoms with E-state index < -0.39 is 10.0 Å². The standard InChI is InChI=1S/C14H19ClN2O3S/c1-2-10-21(19,20)17-8-6-16(7-9-17)14(18)12-4-3-5-13(15)11-12/h3-5,11H,2,6-10H2,1H3. The molecule has 0 atom stereocenters. The Hall–Kier alpha value is -1.11. The van der Waals surface area contributed by atoms with Gasteiger partial charge in [-0.1, -0.05) is 24.6 Å². The first-order valence-electron chi connectivity index (χ1n) is 6.96. The van der Waals surface area contributed by atoms with Crippen molar-refractivity contribution < 1.29 is 13.2 Å². The van der Waals surface area contributed by atoms with Crippen molar-refractivity contribution in [3.05, 3.63) is 34.9 Å². The van der Waals surface area contributed by atoms with Crippen LogP contribution in [0.4, 0.5) is 0 Å². The number of piperazine rings is 1. The van der Waals surface area contributed by atoms with E-state index in [1.165, 1.54) is 4.31 Å². The summed E-state index contributed by atoms with van der Waals surface area (Å²) < 4.78 is 25.4. The van der Waals surface area contributed by atoms with Crippen LogP contribution in [0.15, 0.2) is 24.3 Å². The summed E-state index contributed by atoms with van der Waals surface area (Å²) in [6.07, 6.45) is 0.601. The fraction of sp³-hybridized carbons (Fsp3) is 0.500. The van der Waals surface area contributed by atoms with Gasteiger partial charge in [0.25, 0.3) is 5.91 Å². The minimum atomic E-state index is -3.18. The second-order valence-corrected chi connectivity index (χ2v) is 7.54. The van der Waals surface area contributed by atoms with E-state index in [9.17, 15) is 13.2 Å². The van der Waals surface area contributed by atoms with Crippen LogP contribution in [0.25, 0.3) is 0 Å². The van der Waals surface area contributed by atoms with E-state index in [2.05, 4.69) is 0 Å². The SMILES string of the molecule is CCCS(=O)(=O)N1CCN(C(=O)c2cccc(Cl)c2)CC1. The summed E-state index contributed by atoms with van der Waals surface area (Å²) in [4.78, 5) is 14.0. The molecule has 5 nitrogen and oxygen atoms in total. The Kier molecular flexibility index (Phi) is 5.24. The van der Waals surface area contributed by atoms with Crippen molar-refractivity contribution in [3.63, 3.8) is 0 Å². The minimum Gasteiger partial charge on any atom is -0.336 e. The molecule has 0 bridgehead atoms. The Balaban J connectivity index is 2.00. The molecular weight excluding hydrogens is 312 g/mol. The second-order valence-electron chi connectivity index (χ2n) is 5.02. The molecule has 1 fully saturated rings. The molecule has 0 N–H and O–H groups in total. The first kappa shape index (κ1) is 16.3. The van der Waals surface area contributed by atoms with Gasteiger partial charge in [0.15, 0.2) is 0 Å². The van der Waals surface area contributed by atoms with Crippen LogP contribution in [0, 0.1) is 0 Å². The number of carbonyl (C=O) groups excluding carboxylic acids is 1. The molecule has 1 amide bonds. The summed E-state index contributed by atoms with van der Waals surface area (Å²) in [5, 5.41) is 0.519. The van der Waals surface area contributed by atoms with E-state index in [0.717, 1.165) is 0 Å². The fourth-order valence-electron chi connectivity index (χ4n) is 2.36. The highest BCUT2D eigenvalue weighted by Gasteiger charge is 2.28. The average molecular weight is 331 g/mol. The van der Waals surface area contributed by atoms with E-state index in [1.54, 1.807) is 29.2 Å². The fourth-order valence-corrected chi connectivity index (χ4v) is 4.04. The van der Waals surface area contributed by atoms with E-state index in [-0.39, 0.29) is 11.7 Å². The number of nitrogens with zero attached hydrogens (tertiary/aromatic N) is 2. The zero-order valence-corrected chi connectivity index (χ0v) is 13.5. The van der Waals surface area contributed by atoms with Crippen molar-refractivity contribution in [1.82, 2.24) is 9.21 Å². The zero-order valence-electron chi connectivity index (χ0n) is 12.0. The molecule has 0 radical (unpaired) electrons. The largest absolute Gasteiger partial charge is 0.336 e. The van der Waals surface area contributed by atoms with Crippen LogP contribution >= 0.6 is 11.6 Å². The number of amides is 1. The number of rotatable bonds is 4. The predicted molar refractivity (Wildman–Crippen MR) is 83.0 cm³/mol. The average Bonchev–Trinajstić information content (AvgIpc) is 2.46. The number of hydrogen-bond acceptors (Lipinski definition) is 3. The summed E-state index contributed by atoms with van der Waals surface area (Å²) >= 11 is 5.89. The molecule has 1 aliphatic heterocycles. The van der Waals surface area contributed by atoms with Crippen molar-refractivity contribution in [2.75, 3.05) is 31.9 Å². The third-order valence-corrected chi connectivity index (χ3v) is 5.76. The molecule has 0 aliphatic carbocycles. The van der Waals surface area contributed by atoms with Gasteiger partial charge in [-0.2, -0.15) is 4.31 Å². The molecule has 1 aromatic carbocycles. The predicted octanol–water partition coefficient (Wildman–Crippen LogP) is 1.84. The molecule has 2 rings (SSSR count). The van der Waals surface area contributed by atoms with Crippen LogP contribution in [-0.2, 0) is 10.0 Å². The maximum Gasteiger partial charge on any atom is 0.253 e. The quantitative estimate of drug-likeness (QED) is 0.846. The zero-order chi connectivity index (χ0) is 15.5. The molecule has 1 aromatic rings.